The summed E-state index contributed by atoms with van der Waals surface area (Å²) in [6.07, 6.45) is 1.70. The first-order chi connectivity index (χ1) is 21.3. The highest BCUT2D eigenvalue weighted by Crippen LogP contribution is 2.34. The Balaban J connectivity index is 1.20. The van der Waals surface area contributed by atoms with Gasteiger partial charge in [-0.05, 0) is 54.6 Å². The second-order valence-electron chi connectivity index (χ2n) is 9.40. The van der Waals surface area contributed by atoms with Crippen molar-refractivity contribution in [1.82, 2.24) is 25.1 Å². The van der Waals surface area contributed by atoms with Gasteiger partial charge in [0.25, 0.3) is 11.1 Å². The molecule has 3 aromatic heterocycles. The summed E-state index contributed by atoms with van der Waals surface area (Å²) < 4.78 is 39.2. The fourth-order valence-corrected chi connectivity index (χ4v) is 5.43. The predicted octanol–water partition coefficient (Wildman–Crippen LogP) is 6.41. The average molecular weight is 657 g/mol. The van der Waals surface area contributed by atoms with Crippen LogP contribution >= 0.6 is 35.0 Å². The number of carbonyl (C=O) groups excluding carboxylic acids is 1. The van der Waals surface area contributed by atoms with Gasteiger partial charge in [0.05, 0.1) is 46.0 Å². The molecule has 0 bridgehead atoms. The Morgan fingerprint density at radius 3 is 2.52 bits per heavy atom. The van der Waals surface area contributed by atoms with Gasteiger partial charge in [-0.15, -0.1) is 10.2 Å². The van der Waals surface area contributed by atoms with Crippen LogP contribution in [0.4, 0.5) is 20.5 Å². The third-order valence-corrected chi connectivity index (χ3v) is 7.88. The van der Waals surface area contributed by atoms with Crippen LogP contribution in [0.1, 0.15) is 0 Å². The molecule has 44 heavy (non-hydrogen) atoms. The van der Waals surface area contributed by atoms with Crippen molar-refractivity contribution < 1.29 is 22.7 Å². The van der Waals surface area contributed by atoms with E-state index in [0.717, 1.165) is 17.8 Å². The summed E-state index contributed by atoms with van der Waals surface area (Å²) in [7, 11) is 0. The number of thioether (sulfide) groups is 1. The molecule has 15 heteroatoms. The lowest BCUT2D eigenvalue weighted by Crippen LogP contribution is -2.37. The molecule has 5 aromatic rings. The second kappa shape index (κ2) is 13.2. The van der Waals surface area contributed by atoms with Crippen molar-refractivity contribution in [2.45, 2.75) is 5.22 Å². The van der Waals surface area contributed by atoms with E-state index in [1.165, 1.54) is 30.3 Å². The van der Waals surface area contributed by atoms with Crippen LogP contribution in [0.15, 0.2) is 70.4 Å². The summed E-state index contributed by atoms with van der Waals surface area (Å²) in [6.45, 7) is 2.56. The summed E-state index contributed by atoms with van der Waals surface area (Å²) in [4.78, 5) is 28.3. The van der Waals surface area contributed by atoms with Crippen LogP contribution in [0.5, 0.6) is 0 Å². The van der Waals surface area contributed by atoms with E-state index in [-0.39, 0.29) is 44.1 Å². The Morgan fingerprint density at radius 2 is 1.73 bits per heavy atom. The number of rotatable bonds is 8. The number of carbonyl (C=O) groups is 1. The number of amides is 1. The van der Waals surface area contributed by atoms with E-state index in [4.69, 9.17) is 32.4 Å². The third kappa shape index (κ3) is 6.81. The summed E-state index contributed by atoms with van der Waals surface area (Å²) >= 11 is 13.2. The highest BCUT2D eigenvalue weighted by Gasteiger charge is 2.21. The molecule has 4 heterocycles. The number of morpholine rings is 1. The molecule has 0 radical (unpaired) electrons. The van der Waals surface area contributed by atoms with Gasteiger partial charge in [-0.1, -0.05) is 35.0 Å². The van der Waals surface area contributed by atoms with Crippen molar-refractivity contribution >= 4 is 52.6 Å². The number of nitrogens with zero attached hydrogens (tertiary/aromatic N) is 6. The van der Waals surface area contributed by atoms with Gasteiger partial charge in [-0.3, -0.25) is 10.1 Å². The minimum atomic E-state index is -0.697. The Morgan fingerprint density at radius 1 is 0.955 bits per heavy atom. The van der Waals surface area contributed by atoms with E-state index < -0.39 is 17.5 Å². The summed E-state index contributed by atoms with van der Waals surface area (Å²) in [5.41, 5.74) is 2.01. The van der Waals surface area contributed by atoms with E-state index in [2.05, 4.69) is 35.4 Å². The molecular weight excluding hydrogens is 635 g/mol. The standard InChI is InChI=1S/C29H21Cl2F2N7O3S/c30-20-13-21(31)22(33)12-19(20)24-14-23(16-3-5-17(32)6-4-16)35-28(36-24)37-25(41)15-44-29-39-38-27(43-29)18-2-1-7-34-26(18)40-8-10-42-11-9-40/h1-7,12-14H,8-11,15H2,(H,35,36,37,41). The summed E-state index contributed by atoms with van der Waals surface area (Å²) in [6, 6.07) is 13.2. The molecule has 1 amide bonds. The maximum atomic E-state index is 14.3. The number of benzene rings is 2. The number of hydrogen-bond acceptors (Lipinski definition) is 10. The van der Waals surface area contributed by atoms with E-state index in [1.54, 1.807) is 18.3 Å². The lowest BCUT2D eigenvalue weighted by atomic mass is 10.1. The Hall–Kier alpha value is -4.17. The number of aromatic nitrogens is 5. The summed E-state index contributed by atoms with van der Waals surface area (Å²) in [5.74, 6) is -0.797. The fourth-order valence-electron chi connectivity index (χ4n) is 4.38. The molecule has 0 spiro atoms. The number of ether oxygens (including phenoxy) is 1. The van der Waals surface area contributed by atoms with Gasteiger partial charge in [-0.2, -0.15) is 0 Å². The minimum absolute atomic E-state index is 0.0735. The van der Waals surface area contributed by atoms with E-state index in [9.17, 15) is 13.6 Å². The van der Waals surface area contributed by atoms with Crippen LogP contribution in [0, 0.1) is 11.6 Å². The maximum Gasteiger partial charge on any atom is 0.277 e. The lowest BCUT2D eigenvalue weighted by molar-refractivity contribution is -0.113. The average Bonchev–Trinajstić information content (AvgIpc) is 3.51. The molecule has 10 nitrogen and oxygen atoms in total. The van der Waals surface area contributed by atoms with Gasteiger partial charge in [0.1, 0.15) is 17.5 Å². The first-order valence-electron chi connectivity index (χ1n) is 13.2. The molecule has 2 aromatic carbocycles. The third-order valence-electron chi connectivity index (χ3n) is 6.46. The largest absolute Gasteiger partial charge is 0.411 e. The number of hydrogen-bond donors (Lipinski definition) is 1. The van der Waals surface area contributed by atoms with Crippen LogP contribution in [0.25, 0.3) is 34.0 Å². The predicted molar refractivity (Wildman–Crippen MR) is 163 cm³/mol. The lowest BCUT2D eigenvalue weighted by Gasteiger charge is -2.28. The van der Waals surface area contributed by atoms with Gasteiger partial charge in [-0.25, -0.2) is 23.7 Å². The Labute approximate surface area is 263 Å². The fraction of sp³-hybridized carbons (Fsp3) is 0.172. The van der Waals surface area contributed by atoms with Crippen LogP contribution in [-0.2, 0) is 9.53 Å². The molecule has 0 saturated carbocycles. The Bertz CT molecular complexity index is 1820. The first kappa shape index (κ1) is 29.9. The van der Waals surface area contributed by atoms with Crippen molar-refractivity contribution in [1.29, 1.82) is 0 Å². The highest BCUT2D eigenvalue weighted by molar-refractivity contribution is 7.99. The quantitative estimate of drug-likeness (QED) is 0.148. The smallest absolute Gasteiger partial charge is 0.277 e. The van der Waals surface area contributed by atoms with Crippen LogP contribution in [-0.4, -0.2) is 63.1 Å². The molecule has 0 aliphatic carbocycles. The number of halogens is 4. The highest BCUT2D eigenvalue weighted by atomic mass is 35.5. The van der Waals surface area contributed by atoms with E-state index in [1.807, 2.05) is 6.07 Å². The molecule has 1 aliphatic heterocycles. The normalized spacial score (nSPS) is 13.2. The zero-order chi connectivity index (χ0) is 30.6. The zero-order valence-electron chi connectivity index (χ0n) is 22.6. The van der Waals surface area contributed by atoms with Crippen molar-refractivity contribution in [2.24, 2.45) is 0 Å². The number of anilines is 2. The topological polar surface area (TPSA) is 119 Å². The summed E-state index contributed by atoms with van der Waals surface area (Å²) in [5, 5.41) is 11.0. The molecule has 0 atom stereocenters. The molecule has 1 fully saturated rings. The molecule has 1 N–H and O–H groups in total. The molecule has 0 unspecified atom stereocenters. The number of pyridine rings is 1. The van der Waals surface area contributed by atoms with Crippen molar-refractivity contribution in [2.75, 3.05) is 42.3 Å². The van der Waals surface area contributed by atoms with Crippen molar-refractivity contribution in [3.8, 4) is 34.0 Å². The van der Waals surface area contributed by atoms with Crippen molar-refractivity contribution in [3.63, 3.8) is 0 Å². The molecule has 1 saturated heterocycles. The maximum absolute atomic E-state index is 14.3. The molecular formula is C29H21Cl2F2N7O3S. The minimum Gasteiger partial charge on any atom is -0.411 e. The first-order valence-corrected chi connectivity index (χ1v) is 14.9. The molecule has 224 valence electrons. The van der Waals surface area contributed by atoms with Gasteiger partial charge in [0, 0.05) is 30.4 Å². The van der Waals surface area contributed by atoms with Gasteiger partial charge >= 0.3 is 0 Å². The Kier molecular flexibility index (Phi) is 8.98. The van der Waals surface area contributed by atoms with Crippen molar-refractivity contribution in [3.05, 3.63) is 82.5 Å². The van der Waals surface area contributed by atoms with Crippen LogP contribution in [0.2, 0.25) is 10.0 Å². The van der Waals surface area contributed by atoms with E-state index in [0.29, 0.717) is 48.9 Å². The second-order valence-corrected chi connectivity index (χ2v) is 11.1. The van der Waals surface area contributed by atoms with E-state index >= 15 is 0 Å². The van der Waals surface area contributed by atoms with Gasteiger partial charge < -0.3 is 14.1 Å². The zero-order valence-corrected chi connectivity index (χ0v) is 25.0. The van der Waals surface area contributed by atoms with Crippen LogP contribution in [0.3, 0.4) is 0 Å². The SMILES string of the molecule is O=C(CSc1nnc(-c2cccnc2N2CCOCC2)o1)Nc1nc(-c2ccc(F)cc2)cc(-c2cc(F)c(Cl)cc2Cl)n1. The number of nitrogens with one attached hydrogen (secondary N) is 1. The molecule has 6 rings (SSSR count). The van der Waals surface area contributed by atoms with Gasteiger partial charge in [0.15, 0.2) is 0 Å². The van der Waals surface area contributed by atoms with Gasteiger partial charge in [0.2, 0.25) is 11.9 Å². The van der Waals surface area contributed by atoms with Crippen LogP contribution < -0.4 is 10.2 Å². The monoisotopic (exact) mass is 655 g/mol. The molecule has 1 aliphatic rings.